The lowest BCUT2D eigenvalue weighted by Crippen LogP contribution is -2.22. The fraction of sp³-hybridized carbons (Fsp3) is 0.154. The average molecular weight is 325 g/mol. The maximum Gasteiger partial charge on any atom is 0.129 e. The molecule has 5 heteroatoms. The van der Waals surface area contributed by atoms with Gasteiger partial charge in [0.15, 0.2) is 0 Å². The van der Waals surface area contributed by atoms with E-state index in [1.54, 1.807) is 17.4 Å². The zero-order valence-electron chi connectivity index (χ0n) is 9.41. The van der Waals surface area contributed by atoms with Crippen molar-refractivity contribution in [3.63, 3.8) is 0 Å². The second kappa shape index (κ2) is 4.48. The molecule has 1 aliphatic rings. The van der Waals surface area contributed by atoms with E-state index in [1.807, 2.05) is 17.0 Å². The van der Waals surface area contributed by atoms with Crippen molar-refractivity contribution < 1.29 is 4.39 Å². The molecule has 92 valence electrons. The third kappa shape index (κ3) is 2.08. The van der Waals surface area contributed by atoms with Crippen molar-refractivity contribution in [2.45, 2.75) is 13.1 Å². The van der Waals surface area contributed by atoms with Crippen LogP contribution in [0.2, 0.25) is 0 Å². The molecule has 0 saturated carbocycles. The summed E-state index contributed by atoms with van der Waals surface area (Å²) in [6.07, 6.45) is 0. The van der Waals surface area contributed by atoms with E-state index in [4.69, 9.17) is 5.41 Å². The molecular weight excluding hydrogens is 315 g/mol. The van der Waals surface area contributed by atoms with Crippen LogP contribution < -0.4 is 0 Å². The first-order valence-corrected chi connectivity index (χ1v) is 7.11. The molecule has 1 aromatic heterocycles. The molecule has 18 heavy (non-hydrogen) atoms. The summed E-state index contributed by atoms with van der Waals surface area (Å²) in [5, 5.41) is 8.09. The summed E-state index contributed by atoms with van der Waals surface area (Å²) >= 11 is 5.09. The molecule has 0 aliphatic carbocycles. The highest BCUT2D eigenvalue weighted by Crippen LogP contribution is 2.28. The number of nitrogens with zero attached hydrogens (tertiary/aromatic N) is 1. The van der Waals surface area contributed by atoms with Gasteiger partial charge < -0.3 is 4.90 Å². The molecule has 0 spiro atoms. The number of nitrogens with one attached hydrogen (secondary N) is 1. The van der Waals surface area contributed by atoms with E-state index >= 15 is 0 Å². The van der Waals surface area contributed by atoms with Crippen LogP contribution >= 0.6 is 27.3 Å². The largest absolute Gasteiger partial charge is 0.347 e. The Hall–Kier alpha value is -1.20. The van der Waals surface area contributed by atoms with E-state index in [-0.39, 0.29) is 5.82 Å². The van der Waals surface area contributed by atoms with Crippen molar-refractivity contribution in [1.82, 2.24) is 4.90 Å². The Balaban J connectivity index is 1.84. The van der Waals surface area contributed by atoms with Crippen molar-refractivity contribution in [3.8, 4) is 0 Å². The zero-order chi connectivity index (χ0) is 12.7. The number of fused-ring (bicyclic) bond motifs is 1. The molecule has 0 radical (unpaired) electrons. The topological polar surface area (TPSA) is 27.1 Å². The van der Waals surface area contributed by atoms with E-state index < -0.39 is 0 Å². The summed E-state index contributed by atoms with van der Waals surface area (Å²) in [4.78, 5) is 3.16. The Morgan fingerprint density at radius 1 is 1.33 bits per heavy atom. The van der Waals surface area contributed by atoms with Crippen LogP contribution in [0.4, 0.5) is 4.39 Å². The van der Waals surface area contributed by atoms with Crippen molar-refractivity contribution in [2.75, 3.05) is 0 Å². The highest BCUT2D eigenvalue weighted by molar-refractivity contribution is 9.11. The van der Waals surface area contributed by atoms with Gasteiger partial charge in [0.1, 0.15) is 11.7 Å². The standard InChI is InChI=1S/C13H10BrFN2S/c14-12-4-3-10(18-12)7-17-6-8-1-2-9(15)5-11(8)13(17)16/h1-5,16H,6-7H2. The summed E-state index contributed by atoms with van der Waals surface area (Å²) in [6, 6.07) is 8.72. The van der Waals surface area contributed by atoms with E-state index in [0.717, 1.165) is 9.35 Å². The lowest BCUT2D eigenvalue weighted by atomic mass is 10.1. The van der Waals surface area contributed by atoms with E-state index in [0.29, 0.717) is 24.5 Å². The highest BCUT2D eigenvalue weighted by Gasteiger charge is 2.24. The molecule has 0 unspecified atom stereocenters. The van der Waals surface area contributed by atoms with Gasteiger partial charge in [-0.1, -0.05) is 6.07 Å². The summed E-state index contributed by atoms with van der Waals surface area (Å²) in [7, 11) is 0. The first-order chi connectivity index (χ1) is 8.63. The number of hydrogen-bond donors (Lipinski definition) is 1. The maximum atomic E-state index is 13.2. The van der Waals surface area contributed by atoms with Crippen molar-refractivity contribution in [2.24, 2.45) is 0 Å². The Morgan fingerprint density at radius 2 is 2.17 bits per heavy atom. The third-order valence-electron chi connectivity index (χ3n) is 2.98. The molecule has 1 aromatic carbocycles. The second-order valence-corrected chi connectivity index (χ2v) is 6.76. The van der Waals surface area contributed by atoms with Gasteiger partial charge in [-0.05, 0) is 45.8 Å². The van der Waals surface area contributed by atoms with Crippen LogP contribution in [-0.2, 0) is 13.1 Å². The quantitative estimate of drug-likeness (QED) is 0.888. The summed E-state index contributed by atoms with van der Waals surface area (Å²) in [6.45, 7) is 1.38. The molecule has 0 fully saturated rings. The van der Waals surface area contributed by atoms with Crippen LogP contribution in [0, 0.1) is 11.2 Å². The summed E-state index contributed by atoms with van der Waals surface area (Å²) in [5.41, 5.74) is 1.74. The van der Waals surface area contributed by atoms with Gasteiger partial charge in [-0.2, -0.15) is 0 Å². The Kier molecular flexibility index (Phi) is 2.95. The van der Waals surface area contributed by atoms with Crippen LogP contribution in [0.3, 0.4) is 0 Å². The Bertz CT molecular complexity index is 623. The van der Waals surface area contributed by atoms with Gasteiger partial charge in [0.05, 0.1) is 10.3 Å². The highest BCUT2D eigenvalue weighted by atomic mass is 79.9. The molecule has 2 heterocycles. The third-order valence-corrected chi connectivity index (χ3v) is 4.59. The fourth-order valence-corrected chi connectivity index (χ4v) is 3.62. The lowest BCUT2D eigenvalue weighted by molar-refractivity contribution is 0.426. The monoisotopic (exact) mass is 324 g/mol. The first-order valence-electron chi connectivity index (χ1n) is 5.50. The minimum absolute atomic E-state index is 0.279. The molecule has 2 aromatic rings. The van der Waals surface area contributed by atoms with Gasteiger partial charge in [-0.25, -0.2) is 4.39 Å². The molecule has 0 atom stereocenters. The van der Waals surface area contributed by atoms with Gasteiger partial charge in [-0.3, -0.25) is 5.41 Å². The fourth-order valence-electron chi connectivity index (χ4n) is 2.12. The minimum atomic E-state index is -0.279. The Labute approximate surface area is 117 Å². The van der Waals surface area contributed by atoms with Gasteiger partial charge in [-0.15, -0.1) is 11.3 Å². The molecule has 0 saturated heterocycles. The summed E-state index contributed by atoms with van der Waals surface area (Å²) in [5.74, 6) is 0.133. The number of halogens is 2. The number of rotatable bonds is 2. The van der Waals surface area contributed by atoms with Crippen molar-refractivity contribution >= 4 is 33.1 Å². The lowest BCUT2D eigenvalue weighted by Gasteiger charge is -2.16. The zero-order valence-corrected chi connectivity index (χ0v) is 11.8. The van der Waals surface area contributed by atoms with E-state index in [2.05, 4.69) is 15.9 Å². The van der Waals surface area contributed by atoms with Gasteiger partial charge in [0.25, 0.3) is 0 Å². The normalized spacial score (nSPS) is 14.1. The van der Waals surface area contributed by atoms with E-state index in [1.165, 1.54) is 17.0 Å². The predicted octanol–water partition coefficient (Wildman–Crippen LogP) is 3.99. The molecule has 2 nitrogen and oxygen atoms in total. The number of thiophene rings is 1. The molecule has 1 N–H and O–H groups in total. The Morgan fingerprint density at radius 3 is 2.89 bits per heavy atom. The van der Waals surface area contributed by atoms with Crippen molar-refractivity contribution in [3.05, 3.63) is 55.9 Å². The smallest absolute Gasteiger partial charge is 0.129 e. The first kappa shape index (κ1) is 11.9. The SMILES string of the molecule is N=C1c2cc(F)ccc2CN1Cc1ccc(Br)s1. The molecule has 0 bridgehead atoms. The van der Waals surface area contributed by atoms with E-state index in [9.17, 15) is 4.39 Å². The average Bonchev–Trinajstić information content (AvgIpc) is 2.86. The van der Waals surface area contributed by atoms with Crippen molar-refractivity contribution in [1.29, 1.82) is 5.41 Å². The van der Waals surface area contributed by atoms with Gasteiger partial charge >= 0.3 is 0 Å². The molecule has 0 amide bonds. The molecule has 3 rings (SSSR count). The second-order valence-electron chi connectivity index (χ2n) is 4.21. The van der Waals surface area contributed by atoms with Gasteiger partial charge in [0, 0.05) is 17.0 Å². The number of hydrogen-bond acceptors (Lipinski definition) is 2. The molecular formula is C13H10BrFN2S. The minimum Gasteiger partial charge on any atom is -0.347 e. The van der Waals surface area contributed by atoms with Crippen LogP contribution in [0.15, 0.2) is 34.1 Å². The van der Waals surface area contributed by atoms with Crippen LogP contribution in [0.25, 0.3) is 0 Å². The predicted molar refractivity (Wildman–Crippen MR) is 74.5 cm³/mol. The van der Waals surface area contributed by atoms with Gasteiger partial charge in [0.2, 0.25) is 0 Å². The number of amidine groups is 1. The van der Waals surface area contributed by atoms with Crippen LogP contribution in [0.5, 0.6) is 0 Å². The maximum absolute atomic E-state index is 13.2. The van der Waals surface area contributed by atoms with Crippen LogP contribution in [0.1, 0.15) is 16.0 Å². The molecule has 1 aliphatic heterocycles. The van der Waals surface area contributed by atoms with Crippen LogP contribution in [-0.4, -0.2) is 10.7 Å². The number of benzene rings is 1. The summed E-state index contributed by atoms with van der Waals surface area (Å²) < 4.78 is 14.3.